The minimum absolute atomic E-state index is 0.550. The van der Waals surface area contributed by atoms with Gasteiger partial charge in [-0.15, -0.1) is 0 Å². The molecule has 0 saturated heterocycles. The molecule has 3 rings (SSSR count). The van der Waals surface area contributed by atoms with Crippen LogP contribution >= 0.6 is 11.6 Å². The van der Waals surface area contributed by atoms with E-state index in [0.717, 1.165) is 23.4 Å². The van der Waals surface area contributed by atoms with Gasteiger partial charge in [0.25, 0.3) is 0 Å². The van der Waals surface area contributed by atoms with Crippen molar-refractivity contribution in [2.45, 2.75) is 13.0 Å². The van der Waals surface area contributed by atoms with E-state index in [1.807, 2.05) is 28.9 Å². The first-order valence-electron chi connectivity index (χ1n) is 5.45. The molecular weight excluding hydrogens is 238 g/mol. The van der Waals surface area contributed by atoms with Crippen LogP contribution in [0.3, 0.4) is 0 Å². The first-order valence-corrected chi connectivity index (χ1v) is 5.83. The Morgan fingerprint density at radius 2 is 2.06 bits per heavy atom. The molecule has 0 saturated carbocycles. The summed E-state index contributed by atoms with van der Waals surface area (Å²) in [6, 6.07) is 7.57. The van der Waals surface area contributed by atoms with Crippen LogP contribution < -0.4 is 5.73 Å². The van der Waals surface area contributed by atoms with Crippen molar-refractivity contribution in [2.24, 2.45) is 0 Å². The zero-order valence-electron chi connectivity index (χ0n) is 9.19. The number of halogens is 1. The van der Waals surface area contributed by atoms with Crippen LogP contribution in [-0.2, 0) is 17.8 Å². The molecule has 17 heavy (non-hydrogen) atoms. The van der Waals surface area contributed by atoms with Crippen molar-refractivity contribution in [3.63, 3.8) is 0 Å². The van der Waals surface area contributed by atoms with Gasteiger partial charge in [0.05, 0.1) is 24.6 Å². The van der Waals surface area contributed by atoms with Crippen LogP contribution in [0.15, 0.2) is 24.3 Å². The number of nitrogens with zero attached hydrogens (tertiary/aromatic N) is 2. The Bertz CT molecular complexity index is 548. The van der Waals surface area contributed by atoms with Crippen molar-refractivity contribution in [3.05, 3.63) is 40.5 Å². The van der Waals surface area contributed by atoms with Gasteiger partial charge in [-0.05, 0) is 24.3 Å². The Morgan fingerprint density at radius 3 is 2.82 bits per heavy atom. The lowest BCUT2D eigenvalue weighted by Crippen LogP contribution is -2.13. The van der Waals surface area contributed by atoms with Gasteiger partial charge in [0, 0.05) is 17.0 Å². The molecule has 88 valence electrons. The molecule has 0 amide bonds. The minimum atomic E-state index is 0.550. The van der Waals surface area contributed by atoms with Crippen LogP contribution in [0.25, 0.3) is 5.69 Å². The van der Waals surface area contributed by atoms with Crippen LogP contribution in [0.5, 0.6) is 0 Å². The predicted molar refractivity (Wildman–Crippen MR) is 66.3 cm³/mol. The largest absolute Gasteiger partial charge is 0.382 e. The van der Waals surface area contributed by atoms with Gasteiger partial charge in [0.15, 0.2) is 5.82 Å². The maximum absolute atomic E-state index is 5.89. The highest BCUT2D eigenvalue weighted by Crippen LogP contribution is 2.25. The summed E-state index contributed by atoms with van der Waals surface area (Å²) in [6.45, 7) is 1.26. The molecule has 2 N–H and O–H groups in total. The zero-order chi connectivity index (χ0) is 11.8. The second-order valence-corrected chi connectivity index (χ2v) is 4.44. The van der Waals surface area contributed by atoms with E-state index < -0.39 is 0 Å². The van der Waals surface area contributed by atoms with E-state index >= 15 is 0 Å². The fourth-order valence-corrected chi connectivity index (χ4v) is 2.18. The summed E-state index contributed by atoms with van der Waals surface area (Å²) in [7, 11) is 0. The lowest BCUT2D eigenvalue weighted by Gasteiger charge is -2.14. The topological polar surface area (TPSA) is 53.1 Å². The highest BCUT2D eigenvalue weighted by atomic mass is 35.5. The van der Waals surface area contributed by atoms with Gasteiger partial charge in [-0.3, -0.25) is 0 Å². The molecular formula is C12H12ClN3O. The fraction of sp³-hybridized carbons (Fsp3) is 0.250. The molecule has 1 aliphatic heterocycles. The van der Waals surface area contributed by atoms with Crippen molar-refractivity contribution in [1.82, 2.24) is 9.78 Å². The molecule has 5 heteroatoms. The summed E-state index contributed by atoms with van der Waals surface area (Å²) in [5.41, 5.74) is 9.01. The van der Waals surface area contributed by atoms with Crippen molar-refractivity contribution in [2.75, 3.05) is 12.3 Å². The number of fused-ring (bicyclic) bond motifs is 1. The van der Waals surface area contributed by atoms with Gasteiger partial charge in [-0.2, -0.15) is 5.10 Å². The normalized spacial score (nSPS) is 14.6. The summed E-state index contributed by atoms with van der Waals surface area (Å²) < 4.78 is 7.27. The maximum atomic E-state index is 5.89. The quantitative estimate of drug-likeness (QED) is 0.843. The van der Waals surface area contributed by atoms with E-state index in [4.69, 9.17) is 22.1 Å². The second-order valence-electron chi connectivity index (χ2n) is 4.00. The second kappa shape index (κ2) is 4.05. The molecule has 0 fully saturated rings. The van der Waals surface area contributed by atoms with E-state index in [2.05, 4.69) is 5.10 Å². The minimum Gasteiger partial charge on any atom is -0.382 e. The number of nitrogens with two attached hydrogens (primary N) is 1. The zero-order valence-corrected chi connectivity index (χ0v) is 9.94. The van der Waals surface area contributed by atoms with E-state index in [1.165, 1.54) is 0 Å². The monoisotopic (exact) mass is 249 g/mol. The Labute approximate surface area is 104 Å². The smallest absolute Gasteiger partial charge is 0.151 e. The molecule has 0 aliphatic carbocycles. The summed E-state index contributed by atoms with van der Waals surface area (Å²) in [4.78, 5) is 0. The van der Waals surface area contributed by atoms with Crippen molar-refractivity contribution in [1.29, 1.82) is 0 Å². The average molecular weight is 250 g/mol. The predicted octanol–water partition coefficient (Wildman–Crippen LogP) is 2.18. The molecule has 2 aromatic rings. The molecule has 0 spiro atoms. The summed E-state index contributed by atoms with van der Waals surface area (Å²) in [5.74, 6) is 0.551. The van der Waals surface area contributed by atoms with Crippen molar-refractivity contribution < 1.29 is 4.74 Å². The number of hydrogen-bond acceptors (Lipinski definition) is 3. The lowest BCUT2D eigenvalue weighted by atomic mass is 10.1. The van der Waals surface area contributed by atoms with Gasteiger partial charge in [-0.25, -0.2) is 4.68 Å². The van der Waals surface area contributed by atoms with Crippen molar-refractivity contribution in [3.8, 4) is 5.69 Å². The first-order chi connectivity index (χ1) is 8.25. The Morgan fingerprint density at radius 1 is 1.29 bits per heavy atom. The van der Waals surface area contributed by atoms with E-state index in [1.54, 1.807) is 0 Å². The van der Waals surface area contributed by atoms with E-state index in [0.29, 0.717) is 24.1 Å². The summed E-state index contributed by atoms with van der Waals surface area (Å²) in [5, 5.41) is 5.08. The number of nitrogen functional groups attached to an aromatic ring is 1. The van der Waals surface area contributed by atoms with Gasteiger partial charge in [-0.1, -0.05) is 11.6 Å². The molecule has 0 bridgehead atoms. The van der Waals surface area contributed by atoms with E-state index in [-0.39, 0.29) is 0 Å². The summed E-state index contributed by atoms with van der Waals surface area (Å²) >= 11 is 5.87. The lowest BCUT2D eigenvalue weighted by molar-refractivity contribution is 0.110. The fourth-order valence-electron chi connectivity index (χ4n) is 2.06. The molecule has 1 aliphatic rings. The summed E-state index contributed by atoms with van der Waals surface area (Å²) in [6.07, 6.45) is 0.835. The molecule has 0 atom stereocenters. The standard InChI is InChI=1S/C12H12ClN3O/c13-8-1-3-9(4-2-8)16-11-5-6-17-7-10(11)12(14)15-16/h1-4H,5-7H2,(H2,14,15). The highest BCUT2D eigenvalue weighted by molar-refractivity contribution is 6.30. The van der Waals surface area contributed by atoms with Crippen molar-refractivity contribution >= 4 is 17.4 Å². The third-order valence-electron chi connectivity index (χ3n) is 2.92. The highest BCUT2D eigenvalue weighted by Gasteiger charge is 2.20. The number of benzene rings is 1. The van der Waals surface area contributed by atoms with Gasteiger partial charge in [0.2, 0.25) is 0 Å². The number of aromatic nitrogens is 2. The van der Waals surface area contributed by atoms with Gasteiger partial charge in [0.1, 0.15) is 0 Å². The van der Waals surface area contributed by atoms with Crippen LogP contribution in [0.4, 0.5) is 5.82 Å². The molecule has 0 radical (unpaired) electrons. The first kappa shape index (κ1) is 10.6. The van der Waals surface area contributed by atoms with Crippen LogP contribution in [0, 0.1) is 0 Å². The molecule has 1 aromatic heterocycles. The number of ether oxygens (including phenoxy) is 1. The Balaban J connectivity index is 2.11. The van der Waals surface area contributed by atoms with Crippen LogP contribution in [0.1, 0.15) is 11.3 Å². The third-order valence-corrected chi connectivity index (χ3v) is 3.17. The maximum Gasteiger partial charge on any atom is 0.151 e. The molecule has 4 nitrogen and oxygen atoms in total. The molecule has 0 unspecified atom stereocenters. The number of rotatable bonds is 1. The van der Waals surface area contributed by atoms with Gasteiger partial charge >= 0.3 is 0 Å². The van der Waals surface area contributed by atoms with Gasteiger partial charge < -0.3 is 10.5 Å². The SMILES string of the molecule is Nc1nn(-c2ccc(Cl)cc2)c2c1COCC2. The average Bonchev–Trinajstić information content (AvgIpc) is 2.69. The van der Waals surface area contributed by atoms with E-state index in [9.17, 15) is 0 Å². The Kier molecular flexibility index (Phi) is 2.53. The number of anilines is 1. The van der Waals surface area contributed by atoms with Crippen LogP contribution in [0.2, 0.25) is 5.02 Å². The number of hydrogen-bond donors (Lipinski definition) is 1. The third kappa shape index (κ3) is 1.79. The Hall–Kier alpha value is -1.52. The molecule has 2 heterocycles. The molecule has 1 aromatic carbocycles. The van der Waals surface area contributed by atoms with Crippen LogP contribution in [-0.4, -0.2) is 16.4 Å².